The van der Waals surface area contributed by atoms with Crippen molar-refractivity contribution in [3.63, 3.8) is 0 Å². The van der Waals surface area contributed by atoms with E-state index in [1.54, 1.807) is 31.2 Å². The Morgan fingerprint density at radius 1 is 1.00 bits per heavy atom. The van der Waals surface area contributed by atoms with Crippen LogP contribution in [-0.4, -0.2) is 31.8 Å². The molecule has 29 heavy (non-hydrogen) atoms. The summed E-state index contributed by atoms with van der Waals surface area (Å²) in [6, 6.07) is 12.7. The fourth-order valence-electron chi connectivity index (χ4n) is 2.72. The molecule has 0 bridgehead atoms. The average Bonchev–Trinajstić information content (AvgIpc) is 2.72. The van der Waals surface area contributed by atoms with Gasteiger partial charge in [0.25, 0.3) is 0 Å². The summed E-state index contributed by atoms with van der Waals surface area (Å²) < 4.78 is 17.2. The van der Waals surface area contributed by atoms with E-state index in [9.17, 15) is 14.4 Å². The van der Waals surface area contributed by atoms with Gasteiger partial charge in [0, 0.05) is 27.3 Å². The van der Waals surface area contributed by atoms with Crippen LogP contribution >= 0.6 is 11.3 Å². The number of benzene rings is 2. The van der Waals surface area contributed by atoms with Crippen molar-refractivity contribution in [3.8, 4) is 5.75 Å². The van der Waals surface area contributed by atoms with Crippen LogP contribution in [0.2, 0.25) is 0 Å². The molecule has 6 nitrogen and oxygen atoms in total. The lowest BCUT2D eigenvalue weighted by molar-refractivity contribution is -0.146. The van der Waals surface area contributed by atoms with Gasteiger partial charge in [0.15, 0.2) is 12.0 Å². The highest BCUT2D eigenvalue weighted by molar-refractivity contribution is 7.24. The van der Waals surface area contributed by atoms with Crippen LogP contribution in [0.15, 0.2) is 59.4 Å². The zero-order chi connectivity index (χ0) is 20.6. The molecule has 150 valence electrons. The zero-order valence-electron chi connectivity index (χ0n) is 15.9. The number of esters is 2. The van der Waals surface area contributed by atoms with Crippen LogP contribution in [0.3, 0.4) is 0 Å². The van der Waals surface area contributed by atoms with Crippen LogP contribution in [0, 0.1) is 0 Å². The number of carbonyl (C=O) groups excluding carboxylic acids is 2. The second kappa shape index (κ2) is 9.84. The lowest BCUT2D eigenvalue weighted by Gasteiger charge is -2.10. The molecule has 1 aromatic heterocycles. The van der Waals surface area contributed by atoms with E-state index in [4.69, 9.17) is 14.2 Å². The fourth-order valence-corrected chi connectivity index (χ4v) is 3.81. The molecule has 0 aliphatic heterocycles. The third-order valence-corrected chi connectivity index (χ3v) is 5.15. The number of ether oxygens (including phenoxy) is 3. The topological polar surface area (TPSA) is 78.9 Å². The smallest absolute Gasteiger partial charge is 0.344 e. The molecular formula is C22H20O6S. The Morgan fingerprint density at radius 3 is 2.59 bits per heavy atom. The maximum absolute atomic E-state index is 12.9. The molecule has 0 amide bonds. The van der Waals surface area contributed by atoms with Crippen LogP contribution in [0.1, 0.15) is 13.3 Å². The summed E-state index contributed by atoms with van der Waals surface area (Å²) in [4.78, 5) is 35.9. The molecule has 0 N–H and O–H groups in total. The first-order valence-electron chi connectivity index (χ1n) is 9.12. The van der Waals surface area contributed by atoms with E-state index in [0.29, 0.717) is 22.9 Å². The first kappa shape index (κ1) is 20.5. The molecule has 0 fully saturated rings. The van der Waals surface area contributed by atoms with E-state index in [1.165, 1.54) is 17.4 Å². The lowest BCUT2D eigenvalue weighted by Crippen LogP contribution is -2.17. The Kier molecular flexibility index (Phi) is 6.97. The molecule has 3 aromatic rings. The summed E-state index contributed by atoms with van der Waals surface area (Å²) in [6.07, 6.45) is 3.30. The minimum absolute atomic E-state index is 0.111. The van der Waals surface area contributed by atoms with Crippen LogP contribution in [-0.2, 0) is 19.1 Å². The van der Waals surface area contributed by atoms with Gasteiger partial charge in [-0.25, -0.2) is 9.59 Å². The molecule has 3 rings (SSSR count). The Morgan fingerprint density at radius 2 is 1.76 bits per heavy atom. The van der Waals surface area contributed by atoms with Gasteiger partial charge in [-0.05, 0) is 31.2 Å². The van der Waals surface area contributed by atoms with Crippen molar-refractivity contribution in [2.24, 2.45) is 0 Å². The van der Waals surface area contributed by atoms with E-state index in [-0.39, 0.29) is 25.2 Å². The van der Waals surface area contributed by atoms with Crippen molar-refractivity contribution in [1.82, 2.24) is 0 Å². The largest absolute Gasteiger partial charge is 0.481 e. The zero-order valence-corrected chi connectivity index (χ0v) is 16.7. The van der Waals surface area contributed by atoms with Crippen molar-refractivity contribution < 1.29 is 23.8 Å². The minimum atomic E-state index is -0.557. The molecule has 0 saturated heterocycles. The minimum Gasteiger partial charge on any atom is -0.481 e. The first-order chi connectivity index (χ1) is 14.1. The first-order valence-corrected chi connectivity index (χ1v) is 9.94. The Hall–Kier alpha value is -3.19. The van der Waals surface area contributed by atoms with Crippen molar-refractivity contribution in [3.05, 3.63) is 64.8 Å². The monoisotopic (exact) mass is 412 g/mol. The number of carbonyl (C=O) groups is 2. The van der Waals surface area contributed by atoms with Gasteiger partial charge in [-0.15, -0.1) is 11.3 Å². The van der Waals surface area contributed by atoms with Gasteiger partial charge in [-0.3, -0.25) is 4.79 Å². The molecule has 1 heterocycles. The van der Waals surface area contributed by atoms with Gasteiger partial charge in [-0.2, -0.15) is 0 Å². The number of hydrogen-bond donors (Lipinski definition) is 0. The Labute approximate surface area is 171 Å². The maximum atomic E-state index is 12.9. The van der Waals surface area contributed by atoms with E-state index in [0.717, 1.165) is 9.40 Å². The summed E-state index contributed by atoms with van der Waals surface area (Å²) in [6.45, 7) is 1.68. The van der Waals surface area contributed by atoms with E-state index >= 15 is 0 Å². The second-order valence-corrected chi connectivity index (χ2v) is 7.17. The Balaban J connectivity index is 1.59. The molecule has 2 aromatic carbocycles. The number of hydrogen-bond acceptors (Lipinski definition) is 7. The van der Waals surface area contributed by atoms with Gasteiger partial charge < -0.3 is 14.2 Å². The standard InChI is InChI=1S/C22H20O6S/c1-2-7-19(23)26-12-6-13-27-20(24)14-28-16-9-5-11-18-21(16)22(25)15-8-3-4-10-17(15)29-18/h2-5,7-11H,6,12-14H2,1H3. The molecule has 0 aliphatic rings. The van der Waals surface area contributed by atoms with E-state index in [2.05, 4.69) is 0 Å². The third kappa shape index (κ3) is 5.20. The van der Waals surface area contributed by atoms with Gasteiger partial charge >= 0.3 is 11.9 Å². The summed E-state index contributed by atoms with van der Waals surface area (Å²) in [7, 11) is 0. The number of rotatable bonds is 8. The van der Waals surface area contributed by atoms with Crippen LogP contribution in [0.5, 0.6) is 5.75 Å². The van der Waals surface area contributed by atoms with Crippen molar-refractivity contribution in [2.45, 2.75) is 13.3 Å². The highest BCUT2D eigenvalue weighted by Gasteiger charge is 2.12. The fraction of sp³-hybridized carbons (Fsp3) is 0.227. The van der Waals surface area contributed by atoms with E-state index in [1.807, 2.05) is 24.3 Å². The van der Waals surface area contributed by atoms with Gasteiger partial charge in [0.05, 0.1) is 18.6 Å². The van der Waals surface area contributed by atoms with Crippen LogP contribution < -0.4 is 10.2 Å². The Bertz CT molecular complexity index is 1120. The van der Waals surface area contributed by atoms with Gasteiger partial charge in [0.1, 0.15) is 5.75 Å². The summed E-state index contributed by atoms with van der Waals surface area (Å²) >= 11 is 1.50. The quantitative estimate of drug-likeness (QED) is 0.242. The number of allylic oxidation sites excluding steroid dienone is 1. The van der Waals surface area contributed by atoms with E-state index < -0.39 is 11.9 Å². The molecule has 0 radical (unpaired) electrons. The van der Waals surface area contributed by atoms with Crippen molar-refractivity contribution in [2.75, 3.05) is 19.8 Å². The highest BCUT2D eigenvalue weighted by Crippen LogP contribution is 2.30. The van der Waals surface area contributed by atoms with Crippen LogP contribution in [0.4, 0.5) is 0 Å². The van der Waals surface area contributed by atoms with Gasteiger partial charge in [0.2, 0.25) is 0 Å². The number of fused-ring (bicyclic) bond motifs is 2. The highest BCUT2D eigenvalue weighted by atomic mass is 32.1. The summed E-state index contributed by atoms with van der Waals surface area (Å²) in [5.74, 6) is -0.634. The normalized spacial score (nSPS) is 11.1. The molecule has 0 saturated carbocycles. The molecule has 0 spiro atoms. The summed E-state index contributed by atoms with van der Waals surface area (Å²) in [5, 5.41) is 1.08. The lowest BCUT2D eigenvalue weighted by atomic mass is 10.1. The second-order valence-electron chi connectivity index (χ2n) is 6.09. The molecular weight excluding hydrogens is 392 g/mol. The molecule has 7 heteroatoms. The van der Waals surface area contributed by atoms with Crippen molar-refractivity contribution >= 4 is 43.4 Å². The van der Waals surface area contributed by atoms with Gasteiger partial charge in [-0.1, -0.05) is 24.3 Å². The average molecular weight is 412 g/mol. The molecule has 0 aliphatic carbocycles. The predicted molar refractivity (Wildman–Crippen MR) is 112 cm³/mol. The molecule has 0 unspecified atom stereocenters. The maximum Gasteiger partial charge on any atom is 0.344 e. The van der Waals surface area contributed by atoms with Crippen LogP contribution in [0.25, 0.3) is 20.2 Å². The predicted octanol–water partition coefficient (Wildman–Crippen LogP) is 3.85. The SMILES string of the molecule is CC=CC(=O)OCCCOC(=O)COc1cccc2sc3ccccc3c(=O)c12. The van der Waals surface area contributed by atoms with Crippen molar-refractivity contribution in [1.29, 1.82) is 0 Å². The third-order valence-electron chi connectivity index (χ3n) is 4.01. The summed E-state index contributed by atoms with van der Waals surface area (Å²) in [5.41, 5.74) is -0.124. The molecule has 0 atom stereocenters.